The molecule has 1 aromatic heterocycles. The smallest absolute Gasteiger partial charge is 0.306 e. The summed E-state index contributed by atoms with van der Waals surface area (Å²) in [5.74, 6) is 1.93. The van der Waals surface area contributed by atoms with E-state index in [1.54, 1.807) is 19.1 Å². The average Bonchev–Trinajstić information content (AvgIpc) is 3.13. The van der Waals surface area contributed by atoms with Crippen molar-refractivity contribution in [2.24, 2.45) is 0 Å². The van der Waals surface area contributed by atoms with Crippen molar-refractivity contribution in [1.82, 2.24) is 10.1 Å². The predicted octanol–water partition coefficient (Wildman–Crippen LogP) is 1.96. The number of nitrogens with zero attached hydrogens (tertiary/aromatic N) is 2. The Kier molecular flexibility index (Phi) is 3.72. The van der Waals surface area contributed by atoms with Gasteiger partial charge in [0.05, 0.1) is 13.0 Å². The van der Waals surface area contributed by atoms with Crippen molar-refractivity contribution in [2.45, 2.75) is 19.8 Å². The number of aromatic nitrogens is 2. The van der Waals surface area contributed by atoms with Crippen LogP contribution in [0.15, 0.2) is 22.7 Å². The van der Waals surface area contributed by atoms with E-state index >= 15 is 0 Å². The van der Waals surface area contributed by atoms with Crippen molar-refractivity contribution in [1.29, 1.82) is 0 Å². The van der Waals surface area contributed by atoms with Crippen molar-refractivity contribution < 1.29 is 23.5 Å². The zero-order valence-electron chi connectivity index (χ0n) is 11.5. The van der Waals surface area contributed by atoms with Gasteiger partial charge in [0.2, 0.25) is 18.5 Å². The lowest BCUT2D eigenvalue weighted by molar-refractivity contribution is -0.143. The third-order valence-electron chi connectivity index (χ3n) is 2.95. The number of aryl methyl sites for hydroxylation is 1. The maximum Gasteiger partial charge on any atom is 0.306 e. The van der Waals surface area contributed by atoms with Crippen molar-refractivity contribution in [3.63, 3.8) is 0 Å². The lowest BCUT2D eigenvalue weighted by atomic mass is 10.2. The number of ether oxygens (including phenoxy) is 3. The van der Waals surface area contributed by atoms with Crippen LogP contribution < -0.4 is 9.47 Å². The largest absolute Gasteiger partial charge is 0.466 e. The molecule has 1 aliphatic heterocycles. The van der Waals surface area contributed by atoms with Crippen molar-refractivity contribution in [3.8, 4) is 22.9 Å². The fourth-order valence-corrected chi connectivity index (χ4v) is 1.95. The SMILES string of the molecule is CCOC(=O)CCc1nc(-c2ccc3c(c2)OCO3)no1. The summed E-state index contributed by atoms with van der Waals surface area (Å²) >= 11 is 0. The lowest BCUT2D eigenvalue weighted by Gasteiger charge is -1.98. The van der Waals surface area contributed by atoms with Crippen LogP contribution in [0.4, 0.5) is 0 Å². The van der Waals surface area contributed by atoms with Crippen LogP contribution in [0, 0.1) is 0 Å². The normalized spacial score (nSPS) is 12.4. The molecule has 1 aliphatic rings. The Labute approximate surface area is 120 Å². The van der Waals surface area contributed by atoms with Crippen LogP contribution in [0.2, 0.25) is 0 Å². The summed E-state index contributed by atoms with van der Waals surface area (Å²) in [5.41, 5.74) is 0.769. The second-order valence-electron chi connectivity index (χ2n) is 4.38. The van der Waals surface area contributed by atoms with E-state index in [1.807, 2.05) is 6.07 Å². The second-order valence-corrected chi connectivity index (χ2v) is 4.38. The molecule has 0 saturated heterocycles. The molecule has 0 fully saturated rings. The molecule has 0 atom stereocenters. The zero-order chi connectivity index (χ0) is 14.7. The molecule has 2 aromatic rings. The highest BCUT2D eigenvalue weighted by Crippen LogP contribution is 2.35. The number of fused-ring (bicyclic) bond motifs is 1. The number of hydrogen-bond donors (Lipinski definition) is 0. The van der Waals surface area contributed by atoms with E-state index in [9.17, 15) is 4.79 Å². The quantitative estimate of drug-likeness (QED) is 0.778. The monoisotopic (exact) mass is 290 g/mol. The van der Waals surface area contributed by atoms with Crippen LogP contribution in [-0.2, 0) is 16.0 Å². The molecule has 7 heteroatoms. The third-order valence-corrected chi connectivity index (χ3v) is 2.95. The first-order valence-corrected chi connectivity index (χ1v) is 6.64. The molecule has 0 N–H and O–H groups in total. The minimum absolute atomic E-state index is 0.218. The minimum atomic E-state index is -0.277. The van der Waals surface area contributed by atoms with E-state index < -0.39 is 0 Å². The molecule has 21 heavy (non-hydrogen) atoms. The van der Waals surface area contributed by atoms with Crippen molar-refractivity contribution >= 4 is 5.97 Å². The van der Waals surface area contributed by atoms with E-state index in [-0.39, 0.29) is 19.2 Å². The molecule has 0 radical (unpaired) electrons. The van der Waals surface area contributed by atoms with Gasteiger partial charge in [-0.25, -0.2) is 0 Å². The minimum Gasteiger partial charge on any atom is -0.466 e. The predicted molar refractivity (Wildman–Crippen MR) is 70.8 cm³/mol. The molecular weight excluding hydrogens is 276 g/mol. The zero-order valence-corrected chi connectivity index (χ0v) is 11.5. The topological polar surface area (TPSA) is 83.7 Å². The summed E-state index contributed by atoms with van der Waals surface area (Å²) in [5, 5.41) is 3.90. The molecule has 0 aliphatic carbocycles. The highest BCUT2D eigenvalue weighted by molar-refractivity contribution is 5.69. The average molecular weight is 290 g/mol. The standard InChI is InChI=1S/C14H14N2O5/c1-2-18-13(17)6-5-12-15-14(16-21-12)9-3-4-10-11(7-9)20-8-19-10/h3-4,7H,2,5-6,8H2,1H3. The van der Waals surface area contributed by atoms with Gasteiger partial charge in [0.15, 0.2) is 11.5 Å². The van der Waals surface area contributed by atoms with E-state index in [0.717, 1.165) is 5.56 Å². The fraction of sp³-hybridized carbons (Fsp3) is 0.357. The number of esters is 1. The van der Waals surface area contributed by atoms with Gasteiger partial charge in [-0.3, -0.25) is 4.79 Å². The molecule has 2 heterocycles. The van der Waals surface area contributed by atoms with Crippen LogP contribution in [0.3, 0.4) is 0 Å². The summed E-state index contributed by atoms with van der Waals surface area (Å²) in [4.78, 5) is 15.5. The number of hydrogen-bond acceptors (Lipinski definition) is 7. The molecule has 0 amide bonds. The van der Waals surface area contributed by atoms with Crippen LogP contribution in [0.25, 0.3) is 11.4 Å². The van der Waals surface area contributed by atoms with Crippen LogP contribution >= 0.6 is 0 Å². The summed E-state index contributed by atoms with van der Waals surface area (Å²) in [6, 6.07) is 5.42. The van der Waals surface area contributed by atoms with Gasteiger partial charge in [-0.05, 0) is 25.1 Å². The first-order chi connectivity index (χ1) is 10.3. The van der Waals surface area contributed by atoms with Gasteiger partial charge in [-0.2, -0.15) is 4.98 Å². The molecule has 7 nitrogen and oxygen atoms in total. The number of benzene rings is 1. The van der Waals surface area contributed by atoms with Crippen LogP contribution in [0.1, 0.15) is 19.2 Å². The van der Waals surface area contributed by atoms with E-state index in [1.165, 1.54) is 0 Å². The third kappa shape index (κ3) is 2.96. The molecule has 110 valence electrons. The maximum atomic E-state index is 11.3. The highest BCUT2D eigenvalue weighted by Gasteiger charge is 2.16. The first-order valence-electron chi connectivity index (χ1n) is 6.64. The summed E-state index contributed by atoms with van der Waals surface area (Å²) in [6.45, 7) is 2.35. The highest BCUT2D eigenvalue weighted by atomic mass is 16.7. The van der Waals surface area contributed by atoms with Gasteiger partial charge in [-0.15, -0.1) is 0 Å². The van der Waals surface area contributed by atoms with Crippen molar-refractivity contribution in [2.75, 3.05) is 13.4 Å². The Morgan fingerprint density at radius 1 is 1.33 bits per heavy atom. The summed E-state index contributed by atoms with van der Waals surface area (Å²) in [6.07, 6.45) is 0.576. The molecule has 3 rings (SSSR count). The van der Waals surface area contributed by atoms with Gasteiger partial charge < -0.3 is 18.7 Å². The molecule has 0 unspecified atom stereocenters. The fourth-order valence-electron chi connectivity index (χ4n) is 1.95. The van der Waals surface area contributed by atoms with Gasteiger partial charge in [0, 0.05) is 12.0 Å². The summed E-state index contributed by atoms with van der Waals surface area (Å²) in [7, 11) is 0. The number of carbonyl (C=O) groups excluding carboxylic acids is 1. The van der Waals surface area contributed by atoms with E-state index in [4.69, 9.17) is 18.7 Å². The van der Waals surface area contributed by atoms with Gasteiger partial charge in [0.25, 0.3) is 0 Å². The molecule has 0 saturated carbocycles. The lowest BCUT2D eigenvalue weighted by Crippen LogP contribution is -2.05. The van der Waals surface area contributed by atoms with Crippen LogP contribution in [-0.4, -0.2) is 29.5 Å². The molecule has 0 spiro atoms. The Morgan fingerprint density at radius 2 is 2.19 bits per heavy atom. The number of carbonyl (C=O) groups is 1. The van der Waals surface area contributed by atoms with Crippen molar-refractivity contribution in [3.05, 3.63) is 24.1 Å². The second kappa shape index (κ2) is 5.82. The van der Waals surface area contributed by atoms with E-state index in [0.29, 0.717) is 36.2 Å². The van der Waals surface area contributed by atoms with Crippen LogP contribution in [0.5, 0.6) is 11.5 Å². The van der Waals surface area contributed by atoms with Gasteiger partial charge in [0.1, 0.15) is 0 Å². The Hall–Kier alpha value is -2.57. The summed E-state index contributed by atoms with van der Waals surface area (Å²) < 4.78 is 20.5. The van der Waals surface area contributed by atoms with Gasteiger partial charge >= 0.3 is 5.97 Å². The Morgan fingerprint density at radius 3 is 3.05 bits per heavy atom. The maximum absolute atomic E-state index is 11.3. The Bertz CT molecular complexity index is 653. The number of rotatable bonds is 5. The molecular formula is C14H14N2O5. The first kappa shape index (κ1) is 13.4. The Balaban J connectivity index is 1.68. The molecule has 1 aromatic carbocycles. The van der Waals surface area contributed by atoms with E-state index in [2.05, 4.69) is 10.1 Å². The molecule has 0 bridgehead atoms. The van der Waals surface area contributed by atoms with Gasteiger partial charge in [-0.1, -0.05) is 5.16 Å².